The van der Waals surface area contributed by atoms with Gasteiger partial charge < -0.3 is 0 Å². The van der Waals surface area contributed by atoms with Crippen molar-refractivity contribution in [2.45, 2.75) is 6.92 Å². The summed E-state index contributed by atoms with van der Waals surface area (Å²) in [7, 11) is 0. The molecule has 0 saturated heterocycles. The van der Waals surface area contributed by atoms with Gasteiger partial charge in [-0.25, -0.2) is 10.1 Å². The summed E-state index contributed by atoms with van der Waals surface area (Å²) in [6.07, 6.45) is 1.27. The average Bonchev–Trinajstić information content (AvgIpc) is 1.88. The average molecular weight is 137 g/mol. The standard InChI is InChI=1S/C6H5N2O2/c1-4(9)5-2-3-7-6(10)8-5/h2-3H,1H3. The predicted octanol–water partition coefficient (Wildman–Crippen LogP) is 0.823. The number of aromatic nitrogens is 2. The summed E-state index contributed by atoms with van der Waals surface area (Å²) in [5, 5.41) is 10.4. The van der Waals surface area contributed by atoms with E-state index in [1.54, 1.807) is 0 Å². The van der Waals surface area contributed by atoms with Crippen molar-refractivity contribution in [2.24, 2.45) is 0 Å². The Kier molecular flexibility index (Phi) is 1.62. The highest BCUT2D eigenvalue weighted by atomic mass is 16.3. The number of hydrogen-bond acceptors (Lipinski definition) is 3. The largest absolute Gasteiger partial charge is 0.367 e. The Hall–Kier alpha value is -1.45. The molecule has 10 heavy (non-hydrogen) atoms. The van der Waals surface area contributed by atoms with Crippen molar-refractivity contribution in [3.8, 4) is 6.01 Å². The lowest BCUT2D eigenvalue weighted by Gasteiger charge is -1.89. The first kappa shape index (κ1) is 6.67. The summed E-state index contributed by atoms with van der Waals surface area (Å²) in [5.74, 6) is -0.223. The van der Waals surface area contributed by atoms with Gasteiger partial charge in [-0.1, -0.05) is 0 Å². The van der Waals surface area contributed by atoms with Gasteiger partial charge in [0.2, 0.25) is 0 Å². The van der Waals surface area contributed by atoms with Crippen molar-refractivity contribution in [1.82, 2.24) is 9.97 Å². The third-order valence-electron chi connectivity index (χ3n) is 0.994. The van der Waals surface area contributed by atoms with Crippen LogP contribution in [0.2, 0.25) is 0 Å². The van der Waals surface area contributed by atoms with E-state index in [-0.39, 0.29) is 11.5 Å². The van der Waals surface area contributed by atoms with Gasteiger partial charge in [0.15, 0.2) is 5.78 Å². The molecule has 0 N–H and O–H groups in total. The molecular formula is C6H5N2O2. The molecule has 0 aliphatic heterocycles. The van der Waals surface area contributed by atoms with E-state index in [1.165, 1.54) is 19.2 Å². The van der Waals surface area contributed by atoms with Gasteiger partial charge in [-0.15, -0.1) is 0 Å². The highest BCUT2D eigenvalue weighted by molar-refractivity contribution is 5.91. The van der Waals surface area contributed by atoms with Gasteiger partial charge in [0.25, 0.3) is 0 Å². The minimum atomic E-state index is -0.618. The molecule has 0 aromatic carbocycles. The zero-order valence-corrected chi connectivity index (χ0v) is 5.37. The Balaban J connectivity index is 3.07. The molecule has 0 aliphatic rings. The van der Waals surface area contributed by atoms with E-state index >= 15 is 0 Å². The van der Waals surface area contributed by atoms with Crippen LogP contribution in [0.15, 0.2) is 12.3 Å². The van der Waals surface area contributed by atoms with E-state index in [9.17, 15) is 9.90 Å². The summed E-state index contributed by atoms with van der Waals surface area (Å²) in [4.78, 5) is 17.2. The molecule has 1 radical (unpaired) electrons. The fourth-order valence-electron chi connectivity index (χ4n) is 0.537. The van der Waals surface area contributed by atoms with Crippen LogP contribution in [0.25, 0.3) is 0 Å². The van der Waals surface area contributed by atoms with E-state index < -0.39 is 6.01 Å². The minimum absolute atomic E-state index is 0.167. The number of Topliss-reactive ketones (excluding diaryl/α,β-unsaturated/α-hetero) is 1. The molecule has 1 rings (SSSR count). The summed E-state index contributed by atoms with van der Waals surface area (Å²) in [6.45, 7) is 1.35. The molecule has 0 bridgehead atoms. The molecule has 4 heteroatoms. The van der Waals surface area contributed by atoms with Crippen LogP contribution in [0, 0.1) is 0 Å². The summed E-state index contributed by atoms with van der Waals surface area (Å²) < 4.78 is 0. The van der Waals surface area contributed by atoms with E-state index in [0.717, 1.165) is 0 Å². The molecule has 1 aromatic rings. The van der Waals surface area contributed by atoms with Gasteiger partial charge in [0.05, 0.1) is 0 Å². The maximum absolute atomic E-state index is 10.6. The SMILES string of the molecule is CC(=O)c1ccnc([O])n1. The zero-order chi connectivity index (χ0) is 7.56. The Morgan fingerprint density at radius 2 is 2.30 bits per heavy atom. The molecule has 4 nitrogen and oxygen atoms in total. The first-order valence-electron chi connectivity index (χ1n) is 2.71. The van der Waals surface area contributed by atoms with Gasteiger partial charge in [-0.3, -0.25) is 4.79 Å². The van der Waals surface area contributed by atoms with E-state index in [4.69, 9.17) is 0 Å². The quantitative estimate of drug-likeness (QED) is 0.538. The monoisotopic (exact) mass is 137 g/mol. The maximum atomic E-state index is 10.6. The van der Waals surface area contributed by atoms with Gasteiger partial charge in [-0.05, 0) is 6.07 Å². The summed E-state index contributed by atoms with van der Waals surface area (Å²) >= 11 is 0. The molecule has 0 fully saturated rings. The van der Waals surface area contributed by atoms with Crippen molar-refractivity contribution >= 4 is 5.78 Å². The van der Waals surface area contributed by atoms with Gasteiger partial charge in [-0.2, -0.15) is 4.98 Å². The smallest absolute Gasteiger partial charge is 0.293 e. The normalized spacial score (nSPS) is 9.30. The number of rotatable bonds is 1. The fraction of sp³-hybridized carbons (Fsp3) is 0.167. The number of nitrogens with zero attached hydrogens (tertiary/aromatic N) is 2. The number of carbonyl (C=O) groups is 1. The molecule has 1 aromatic heterocycles. The van der Waals surface area contributed by atoms with Gasteiger partial charge in [0.1, 0.15) is 5.69 Å². The molecule has 0 saturated carbocycles. The van der Waals surface area contributed by atoms with Crippen LogP contribution in [0.5, 0.6) is 6.01 Å². The first-order valence-corrected chi connectivity index (χ1v) is 2.71. The zero-order valence-electron chi connectivity index (χ0n) is 5.37. The third kappa shape index (κ3) is 1.28. The number of ketones is 1. The molecule has 51 valence electrons. The van der Waals surface area contributed by atoms with Crippen LogP contribution in [0.4, 0.5) is 0 Å². The Morgan fingerprint density at radius 1 is 1.60 bits per heavy atom. The van der Waals surface area contributed by atoms with Crippen molar-refractivity contribution in [3.63, 3.8) is 0 Å². The molecule has 0 spiro atoms. The molecule has 0 unspecified atom stereocenters. The molecule has 1 heterocycles. The lowest BCUT2D eigenvalue weighted by atomic mass is 10.3. The highest BCUT2D eigenvalue weighted by Gasteiger charge is 2.01. The number of hydrogen-bond donors (Lipinski definition) is 0. The predicted molar refractivity (Wildman–Crippen MR) is 32.2 cm³/mol. The van der Waals surface area contributed by atoms with E-state index in [2.05, 4.69) is 9.97 Å². The summed E-state index contributed by atoms with van der Waals surface area (Å²) in [5.41, 5.74) is 0.167. The minimum Gasteiger partial charge on any atom is -0.293 e. The van der Waals surface area contributed by atoms with Crippen molar-refractivity contribution in [1.29, 1.82) is 0 Å². The Labute approximate surface area is 57.6 Å². The second kappa shape index (κ2) is 2.43. The van der Waals surface area contributed by atoms with Crippen molar-refractivity contribution in [2.75, 3.05) is 0 Å². The lowest BCUT2D eigenvalue weighted by Crippen LogP contribution is -1.95. The Bertz CT molecular complexity index is 260. The molecule has 0 amide bonds. The Morgan fingerprint density at radius 3 is 2.70 bits per heavy atom. The van der Waals surface area contributed by atoms with Crippen LogP contribution >= 0.6 is 0 Å². The number of carbonyl (C=O) groups excluding carboxylic acids is 1. The molecule has 0 atom stereocenters. The molecule has 0 aliphatic carbocycles. The van der Waals surface area contributed by atoms with Crippen molar-refractivity contribution < 1.29 is 9.90 Å². The topological polar surface area (TPSA) is 62.8 Å². The van der Waals surface area contributed by atoms with Crippen molar-refractivity contribution in [3.05, 3.63) is 18.0 Å². The first-order chi connectivity index (χ1) is 4.70. The van der Waals surface area contributed by atoms with Gasteiger partial charge in [0, 0.05) is 13.1 Å². The lowest BCUT2D eigenvalue weighted by molar-refractivity contribution is 0.101. The van der Waals surface area contributed by atoms with E-state index in [1.807, 2.05) is 0 Å². The highest BCUT2D eigenvalue weighted by Crippen LogP contribution is 2.00. The fourth-order valence-corrected chi connectivity index (χ4v) is 0.537. The van der Waals surface area contributed by atoms with E-state index in [0.29, 0.717) is 0 Å². The van der Waals surface area contributed by atoms with Crippen LogP contribution < -0.4 is 0 Å². The van der Waals surface area contributed by atoms with Crippen LogP contribution in [-0.4, -0.2) is 15.8 Å². The second-order valence-corrected chi connectivity index (χ2v) is 1.78. The van der Waals surface area contributed by atoms with Crippen LogP contribution in [0.1, 0.15) is 17.4 Å². The van der Waals surface area contributed by atoms with Crippen LogP contribution in [0.3, 0.4) is 0 Å². The summed E-state index contributed by atoms with van der Waals surface area (Å²) in [6, 6.07) is 0.789. The van der Waals surface area contributed by atoms with Gasteiger partial charge >= 0.3 is 6.01 Å². The molecular weight excluding hydrogens is 132 g/mol. The van der Waals surface area contributed by atoms with Crippen LogP contribution in [-0.2, 0) is 5.11 Å². The maximum Gasteiger partial charge on any atom is 0.367 e. The second-order valence-electron chi connectivity index (χ2n) is 1.78. The third-order valence-corrected chi connectivity index (χ3v) is 0.994.